The second-order valence-corrected chi connectivity index (χ2v) is 5.93. The van der Waals surface area contributed by atoms with E-state index in [2.05, 4.69) is 36.1 Å². The summed E-state index contributed by atoms with van der Waals surface area (Å²) in [5.74, 6) is 0.381. The van der Waals surface area contributed by atoms with Crippen molar-refractivity contribution in [3.05, 3.63) is 29.8 Å². The predicted molar refractivity (Wildman–Crippen MR) is 87.4 cm³/mol. The molecule has 4 nitrogen and oxygen atoms in total. The Hall–Kier alpha value is -1.55. The molecule has 1 amide bonds. The van der Waals surface area contributed by atoms with Gasteiger partial charge in [-0.1, -0.05) is 25.1 Å². The van der Waals surface area contributed by atoms with Gasteiger partial charge in [0.05, 0.1) is 0 Å². The van der Waals surface area contributed by atoms with E-state index in [1.54, 1.807) is 0 Å². The fourth-order valence-electron chi connectivity index (χ4n) is 2.95. The number of carbonyl (C=O) groups is 1. The van der Waals surface area contributed by atoms with Crippen molar-refractivity contribution in [1.82, 2.24) is 4.90 Å². The van der Waals surface area contributed by atoms with E-state index >= 15 is 0 Å². The van der Waals surface area contributed by atoms with Gasteiger partial charge in [-0.05, 0) is 37.9 Å². The SMILES string of the molecule is Cc1ccccc1N1CCN(C(=O)C(C)CCCN)CC1. The summed E-state index contributed by atoms with van der Waals surface area (Å²) in [4.78, 5) is 16.8. The first-order chi connectivity index (χ1) is 10.1. The van der Waals surface area contributed by atoms with Gasteiger partial charge in [0.2, 0.25) is 5.91 Å². The van der Waals surface area contributed by atoms with E-state index in [0.29, 0.717) is 6.54 Å². The van der Waals surface area contributed by atoms with Crippen molar-refractivity contribution >= 4 is 11.6 Å². The normalized spacial score (nSPS) is 16.9. The number of anilines is 1. The van der Waals surface area contributed by atoms with E-state index in [-0.39, 0.29) is 11.8 Å². The Morgan fingerprint density at radius 1 is 1.24 bits per heavy atom. The van der Waals surface area contributed by atoms with Crippen molar-refractivity contribution in [3.63, 3.8) is 0 Å². The third-order valence-corrected chi connectivity index (χ3v) is 4.31. The Morgan fingerprint density at radius 3 is 2.52 bits per heavy atom. The van der Waals surface area contributed by atoms with Gasteiger partial charge in [-0.15, -0.1) is 0 Å². The monoisotopic (exact) mass is 289 g/mol. The molecular weight excluding hydrogens is 262 g/mol. The highest BCUT2D eigenvalue weighted by atomic mass is 16.2. The number of carbonyl (C=O) groups excluding carboxylic acids is 1. The number of aryl methyl sites for hydroxylation is 1. The maximum Gasteiger partial charge on any atom is 0.225 e. The molecule has 1 saturated heterocycles. The third kappa shape index (κ3) is 3.97. The van der Waals surface area contributed by atoms with Crippen LogP contribution in [0.2, 0.25) is 0 Å². The fourth-order valence-corrected chi connectivity index (χ4v) is 2.95. The van der Waals surface area contributed by atoms with Crippen LogP contribution in [0.15, 0.2) is 24.3 Å². The van der Waals surface area contributed by atoms with Crippen LogP contribution in [-0.4, -0.2) is 43.5 Å². The average molecular weight is 289 g/mol. The van der Waals surface area contributed by atoms with Crippen molar-refractivity contribution in [3.8, 4) is 0 Å². The first-order valence-electron chi connectivity index (χ1n) is 7.93. The molecule has 1 aromatic carbocycles. The zero-order chi connectivity index (χ0) is 15.2. The molecule has 21 heavy (non-hydrogen) atoms. The van der Waals surface area contributed by atoms with Crippen LogP contribution in [0.3, 0.4) is 0 Å². The highest BCUT2D eigenvalue weighted by Crippen LogP contribution is 2.21. The van der Waals surface area contributed by atoms with Gasteiger partial charge in [-0.25, -0.2) is 0 Å². The minimum atomic E-state index is 0.0959. The highest BCUT2D eigenvalue weighted by Gasteiger charge is 2.24. The third-order valence-electron chi connectivity index (χ3n) is 4.31. The second kappa shape index (κ2) is 7.46. The topological polar surface area (TPSA) is 49.6 Å². The summed E-state index contributed by atoms with van der Waals surface area (Å²) in [5.41, 5.74) is 8.11. The smallest absolute Gasteiger partial charge is 0.225 e. The molecule has 0 saturated carbocycles. The Balaban J connectivity index is 1.88. The van der Waals surface area contributed by atoms with Gasteiger partial charge >= 0.3 is 0 Å². The number of benzene rings is 1. The number of hydrogen-bond donors (Lipinski definition) is 1. The molecule has 1 aliphatic heterocycles. The number of rotatable bonds is 5. The molecule has 116 valence electrons. The lowest BCUT2D eigenvalue weighted by Gasteiger charge is -2.37. The number of nitrogens with two attached hydrogens (primary N) is 1. The van der Waals surface area contributed by atoms with Gasteiger partial charge in [0, 0.05) is 37.8 Å². The molecule has 2 rings (SSSR count). The van der Waals surface area contributed by atoms with E-state index in [0.717, 1.165) is 39.0 Å². The van der Waals surface area contributed by atoms with Crippen LogP contribution in [0.25, 0.3) is 0 Å². The summed E-state index contributed by atoms with van der Waals surface area (Å²) in [6.07, 6.45) is 1.82. The molecule has 1 aromatic rings. The van der Waals surface area contributed by atoms with Crippen molar-refractivity contribution in [1.29, 1.82) is 0 Å². The van der Waals surface area contributed by atoms with Crippen molar-refractivity contribution in [2.24, 2.45) is 11.7 Å². The summed E-state index contributed by atoms with van der Waals surface area (Å²) >= 11 is 0. The van der Waals surface area contributed by atoms with Crippen molar-refractivity contribution in [2.45, 2.75) is 26.7 Å². The summed E-state index contributed by atoms with van der Waals surface area (Å²) in [5, 5.41) is 0. The number of hydrogen-bond acceptors (Lipinski definition) is 3. The van der Waals surface area contributed by atoms with Crippen molar-refractivity contribution < 1.29 is 4.79 Å². The van der Waals surface area contributed by atoms with E-state index < -0.39 is 0 Å². The predicted octanol–water partition coefficient (Wildman–Crippen LogP) is 2.02. The van der Waals surface area contributed by atoms with Crippen LogP contribution in [0.1, 0.15) is 25.3 Å². The molecule has 0 aromatic heterocycles. The minimum Gasteiger partial charge on any atom is -0.368 e. The lowest BCUT2D eigenvalue weighted by atomic mass is 10.0. The molecule has 1 fully saturated rings. The Kier molecular flexibility index (Phi) is 5.62. The molecule has 1 aliphatic rings. The van der Waals surface area contributed by atoms with E-state index in [1.807, 2.05) is 11.8 Å². The van der Waals surface area contributed by atoms with Gasteiger partial charge < -0.3 is 15.5 Å². The fraction of sp³-hybridized carbons (Fsp3) is 0.588. The number of amides is 1. The second-order valence-electron chi connectivity index (χ2n) is 5.93. The van der Waals surface area contributed by atoms with Crippen molar-refractivity contribution in [2.75, 3.05) is 37.6 Å². The molecule has 4 heteroatoms. The Morgan fingerprint density at radius 2 is 1.90 bits per heavy atom. The molecule has 1 unspecified atom stereocenters. The molecule has 1 atom stereocenters. The average Bonchev–Trinajstić information content (AvgIpc) is 2.52. The van der Waals surface area contributed by atoms with Gasteiger partial charge in [0.1, 0.15) is 0 Å². The maximum atomic E-state index is 12.4. The van der Waals surface area contributed by atoms with Crippen LogP contribution < -0.4 is 10.6 Å². The maximum absolute atomic E-state index is 12.4. The van der Waals surface area contributed by atoms with Gasteiger partial charge in [0.25, 0.3) is 0 Å². The molecule has 0 aliphatic carbocycles. The molecular formula is C17H27N3O. The van der Waals surface area contributed by atoms with Crippen LogP contribution >= 0.6 is 0 Å². The summed E-state index contributed by atoms with van der Waals surface area (Å²) < 4.78 is 0. The van der Waals surface area contributed by atoms with Gasteiger partial charge in [0.15, 0.2) is 0 Å². The standard InChI is InChI=1S/C17H27N3O/c1-14-6-3-4-8-16(14)19-10-12-20(13-11-19)17(21)15(2)7-5-9-18/h3-4,6,8,15H,5,7,9-13,18H2,1-2H3. The highest BCUT2D eigenvalue weighted by molar-refractivity contribution is 5.78. The molecule has 1 heterocycles. The largest absolute Gasteiger partial charge is 0.368 e. The lowest BCUT2D eigenvalue weighted by Crippen LogP contribution is -2.50. The molecule has 0 spiro atoms. The Bertz CT molecular complexity index is 467. The summed E-state index contributed by atoms with van der Waals surface area (Å²) in [7, 11) is 0. The van der Waals surface area contributed by atoms with Gasteiger partial charge in [-0.2, -0.15) is 0 Å². The number of piperazine rings is 1. The summed E-state index contributed by atoms with van der Waals surface area (Å²) in [6.45, 7) is 8.30. The molecule has 0 radical (unpaired) electrons. The minimum absolute atomic E-state index is 0.0959. The van der Waals surface area contributed by atoms with Crippen LogP contribution in [0.4, 0.5) is 5.69 Å². The van der Waals surface area contributed by atoms with Crippen LogP contribution in [0, 0.1) is 12.8 Å². The van der Waals surface area contributed by atoms with Crippen LogP contribution in [0.5, 0.6) is 0 Å². The first-order valence-corrected chi connectivity index (χ1v) is 7.93. The van der Waals surface area contributed by atoms with Crippen LogP contribution in [-0.2, 0) is 4.79 Å². The quantitative estimate of drug-likeness (QED) is 0.902. The van der Waals surface area contributed by atoms with E-state index in [4.69, 9.17) is 5.73 Å². The number of nitrogens with zero attached hydrogens (tertiary/aromatic N) is 2. The van der Waals surface area contributed by atoms with E-state index in [9.17, 15) is 4.79 Å². The lowest BCUT2D eigenvalue weighted by molar-refractivity contribution is -0.135. The zero-order valence-corrected chi connectivity index (χ0v) is 13.2. The Labute approximate surface area is 127 Å². The number of para-hydroxylation sites is 1. The van der Waals surface area contributed by atoms with Gasteiger partial charge in [-0.3, -0.25) is 4.79 Å². The molecule has 2 N–H and O–H groups in total. The van der Waals surface area contributed by atoms with E-state index in [1.165, 1.54) is 11.3 Å². The zero-order valence-electron chi connectivity index (χ0n) is 13.2. The summed E-state index contributed by atoms with van der Waals surface area (Å²) in [6, 6.07) is 8.45. The first kappa shape index (κ1) is 15.8. The molecule has 0 bridgehead atoms.